The van der Waals surface area contributed by atoms with E-state index in [9.17, 15) is 0 Å². The van der Waals surface area contributed by atoms with Crippen LogP contribution in [0, 0.1) is 10.8 Å². The second-order valence-electron chi connectivity index (χ2n) is 7.80. The van der Waals surface area contributed by atoms with Crippen molar-refractivity contribution in [1.29, 1.82) is 0 Å². The predicted octanol–water partition coefficient (Wildman–Crippen LogP) is 2.50. The summed E-state index contributed by atoms with van der Waals surface area (Å²) in [4.78, 5) is 2.49. The molecule has 94 valence electrons. The summed E-state index contributed by atoms with van der Waals surface area (Å²) in [6.07, 6.45) is 4.01. The van der Waals surface area contributed by atoms with Gasteiger partial charge in [0.05, 0.1) is 0 Å². The molecular formula is C14H28N2. The van der Waals surface area contributed by atoms with Gasteiger partial charge in [0.2, 0.25) is 0 Å². The molecule has 2 rings (SSSR count). The SMILES string of the molecule is CN1CCNC2(C1)CC(C)(C)CC(C)(C)C2. The third-order valence-electron chi connectivity index (χ3n) is 4.16. The topological polar surface area (TPSA) is 15.3 Å². The van der Waals surface area contributed by atoms with Gasteiger partial charge >= 0.3 is 0 Å². The molecule has 0 bridgehead atoms. The monoisotopic (exact) mass is 224 g/mol. The molecule has 2 nitrogen and oxygen atoms in total. The Bertz CT molecular complexity index is 252. The zero-order valence-corrected chi connectivity index (χ0v) is 11.7. The molecule has 1 saturated carbocycles. The number of hydrogen-bond donors (Lipinski definition) is 1. The molecule has 0 aromatic rings. The number of nitrogens with one attached hydrogen (secondary N) is 1. The van der Waals surface area contributed by atoms with Gasteiger partial charge in [-0.05, 0) is 37.1 Å². The number of likely N-dealkylation sites (N-methyl/N-ethyl adjacent to an activating group) is 1. The van der Waals surface area contributed by atoms with Crippen molar-refractivity contribution in [2.24, 2.45) is 10.8 Å². The molecule has 1 spiro atoms. The van der Waals surface area contributed by atoms with Crippen molar-refractivity contribution in [3.05, 3.63) is 0 Å². The molecule has 16 heavy (non-hydrogen) atoms. The fourth-order valence-corrected chi connectivity index (χ4v) is 4.72. The minimum absolute atomic E-state index is 0.373. The van der Waals surface area contributed by atoms with Crippen molar-refractivity contribution >= 4 is 0 Å². The maximum atomic E-state index is 3.83. The summed E-state index contributed by atoms with van der Waals surface area (Å²) in [7, 11) is 2.26. The van der Waals surface area contributed by atoms with E-state index in [1.165, 1.54) is 32.4 Å². The molecule has 1 aliphatic carbocycles. The zero-order valence-electron chi connectivity index (χ0n) is 11.7. The molecule has 0 radical (unpaired) electrons. The lowest BCUT2D eigenvalue weighted by atomic mass is 9.58. The Kier molecular flexibility index (Phi) is 2.87. The van der Waals surface area contributed by atoms with Crippen LogP contribution in [-0.4, -0.2) is 37.1 Å². The van der Waals surface area contributed by atoms with Gasteiger partial charge < -0.3 is 10.2 Å². The molecule has 0 amide bonds. The maximum absolute atomic E-state index is 3.83. The van der Waals surface area contributed by atoms with E-state index < -0.39 is 0 Å². The highest BCUT2D eigenvalue weighted by atomic mass is 15.2. The van der Waals surface area contributed by atoms with E-state index in [2.05, 4.69) is 45.0 Å². The van der Waals surface area contributed by atoms with Gasteiger partial charge in [-0.3, -0.25) is 0 Å². The van der Waals surface area contributed by atoms with Crippen molar-refractivity contribution in [2.75, 3.05) is 26.7 Å². The van der Waals surface area contributed by atoms with E-state index in [0.717, 1.165) is 6.54 Å². The van der Waals surface area contributed by atoms with Crippen molar-refractivity contribution in [2.45, 2.75) is 52.5 Å². The van der Waals surface area contributed by atoms with Crippen LogP contribution < -0.4 is 5.32 Å². The van der Waals surface area contributed by atoms with Gasteiger partial charge in [-0.1, -0.05) is 27.7 Å². The van der Waals surface area contributed by atoms with Gasteiger partial charge in [0.1, 0.15) is 0 Å². The Labute approximate surface area is 101 Å². The largest absolute Gasteiger partial charge is 0.309 e. The van der Waals surface area contributed by atoms with Crippen LogP contribution in [0.3, 0.4) is 0 Å². The minimum atomic E-state index is 0.373. The summed E-state index contributed by atoms with van der Waals surface area (Å²) < 4.78 is 0. The van der Waals surface area contributed by atoms with Crippen molar-refractivity contribution in [1.82, 2.24) is 10.2 Å². The summed E-state index contributed by atoms with van der Waals surface area (Å²) in [5.74, 6) is 0. The molecule has 0 atom stereocenters. The molecule has 0 aromatic heterocycles. The van der Waals surface area contributed by atoms with Crippen LogP contribution in [0.5, 0.6) is 0 Å². The third kappa shape index (κ3) is 2.60. The number of hydrogen-bond acceptors (Lipinski definition) is 2. The number of piperazine rings is 1. The van der Waals surface area contributed by atoms with E-state index >= 15 is 0 Å². The lowest BCUT2D eigenvalue weighted by molar-refractivity contribution is -0.00304. The van der Waals surface area contributed by atoms with Crippen molar-refractivity contribution < 1.29 is 0 Å². The smallest absolute Gasteiger partial charge is 0.0319 e. The Morgan fingerprint density at radius 3 is 2.00 bits per heavy atom. The zero-order chi connectivity index (χ0) is 12.0. The Balaban J connectivity index is 2.20. The van der Waals surface area contributed by atoms with Crippen LogP contribution in [0.15, 0.2) is 0 Å². The summed E-state index contributed by atoms with van der Waals surface area (Å²) in [5, 5.41) is 3.83. The Morgan fingerprint density at radius 2 is 1.50 bits per heavy atom. The fourth-order valence-electron chi connectivity index (χ4n) is 4.72. The van der Waals surface area contributed by atoms with Crippen LogP contribution in [-0.2, 0) is 0 Å². The first-order valence-electron chi connectivity index (χ1n) is 6.66. The first-order valence-corrected chi connectivity index (χ1v) is 6.66. The van der Waals surface area contributed by atoms with Gasteiger partial charge in [0.25, 0.3) is 0 Å². The normalized spacial score (nSPS) is 32.8. The van der Waals surface area contributed by atoms with Crippen molar-refractivity contribution in [3.8, 4) is 0 Å². The Hall–Kier alpha value is -0.0800. The molecule has 2 fully saturated rings. The van der Waals surface area contributed by atoms with Gasteiger partial charge in [0, 0.05) is 25.2 Å². The maximum Gasteiger partial charge on any atom is 0.0319 e. The van der Waals surface area contributed by atoms with Crippen molar-refractivity contribution in [3.63, 3.8) is 0 Å². The van der Waals surface area contributed by atoms with Crippen LogP contribution in [0.25, 0.3) is 0 Å². The molecule has 2 heteroatoms. The standard InChI is InChI=1S/C14H28N2/c1-12(2)8-13(3,4)10-14(9-12)11-16(5)7-6-15-14/h15H,6-11H2,1-5H3. The summed E-state index contributed by atoms with van der Waals surface area (Å²) in [6, 6.07) is 0. The molecule has 0 aromatic carbocycles. The number of rotatable bonds is 0. The lowest BCUT2D eigenvalue weighted by Crippen LogP contribution is -2.64. The first kappa shape index (κ1) is 12.4. The molecule has 2 aliphatic rings. The average molecular weight is 224 g/mol. The van der Waals surface area contributed by atoms with E-state index in [1.54, 1.807) is 0 Å². The average Bonchev–Trinajstić information content (AvgIpc) is 1.94. The van der Waals surface area contributed by atoms with E-state index in [0.29, 0.717) is 16.4 Å². The van der Waals surface area contributed by atoms with Crippen LogP contribution in [0.4, 0.5) is 0 Å². The lowest BCUT2D eigenvalue weighted by Gasteiger charge is -2.55. The highest BCUT2D eigenvalue weighted by Crippen LogP contribution is 2.50. The fraction of sp³-hybridized carbons (Fsp3) is 1.00. The molecule has 1 N–H and O–H groups in total. The quantitative estimate of drug-likeness (QED) is 0.680. The molecular weight excluding hydrogens is 196 g/mol. The molecule has 1 heterocycles. The van der Waals surface area contributed by atoms with Crippen LogP contribution in [0.2, 0.25) is 0 Å². The predicted molar refractivity (Wildman–Crippen MR) is 69.6 cm³/mol. The highest BCUT2D eigenvalue weighted by Gasteiger charge is 2.48. The van der Waals surface area contributed by atoms with Gasteiger partial charge in [-0.25, -0.2) is 0 Å². The van der Waals surface area contributed by atoms with E-state index in [1.807, 2.05) is 0 Å². The minimum Gasteiger partial charge on any atom is -0.309 e. The number of nitrogens with zero attached hydrogens (tertiary/aromatic N) is 1. The second-order valence-corrected chi connectivity index (χ2v) is 7.80. The molecule has 1 aliphatic heterocycles. The van der Waals surface area contributed by atoms with Crippen LogP contribution >= 0.6 is 0 Å². The molecule has 1 saturated heterocycles. The van der Waals surface area contributed by atoms with Gasteiger partial charge in [-0.15, -0.1) is 0 Å². The summed E-state index contributed by atoms with van der Waals surface area (Å²) >= 11 is 0. The second kappa shape index (κ2) is 3.71. The van der Waals surface area contributed by atoms with Crippen LogP contribution in [0.1, 0.15) is 47.0 Å². The molecule has 0 unspecified atom stereocenters. The Morgan fingerprint density at radius 1 is 0.938 bits per heavy atom. The third-order valence-corrected chi connectivity index (χ3v) is 4.16. The van der Waals surface area contributed by atoms with E-state index in [-0.39, 0.29) is 0 Å². The summed E-state index contributed by atoms with van der Waals surface area (Å²) in [5.41, 5.74) is 1.33. The highest BCUT2D eigenvalue weighted by molar-refractivity contribution is 5.05. The summed E-state index contributed by atoms with van der Waals surface area (Å²) in [6.45, 7) is 13.3. The van der Waals surface area contributed by atoms with Gasteiger partial charge in [0.15, 0.2) is 0 Å². The first-order chi connectivity index (χ1) is 7.22. The van der Waals surface area contributed by atoms with Gasteiger partial charge in [-0.2, -0.15) is 0 Å². The van der Waals surface area contributed by atoms with E-state index in [4.69, 9.17) is 0 Å².